The van der Waals surface area contributed by atoms with Gasteiger partial charge in [-0.15, -0.1) is 0 Å². The van der Waals surface area contributed by atoms with Gasteiger partial charge in [-0.1, -0.05) is 32.9 Å². The molecule has 1 heterocycles. The molecule has 0 radical (unpaired) electrons. The van der Waals surface area contributed by atoms with Gasteiger partial charge in [-0.25, -0.2) is 4.98 Å². The van der Waals surface area contributed by atoms with E-state index in [1.807, 2.05) is 38.1 Å². The number of benzene rings is 1. The van der Waals surface area contributed by atoms with Crippen LogP contribution >= 0.6 is 0 Å². The van der Waals surface area contributed by atoms with Crippen LogP contribution in [-0.4, -0.2) is 20.6 Å². The smallest absolute Gasteiger partial charge is 0.307 e. The third-order valence-corrected chi connectivity index (χ3v) is 3.71. The molecule has 2 rings (SSSR count). The summed E-state index contributed by atoms with van der Waals surface area (Å²) in [4.78, 5) is 16.0. The van der Waals surface area contributed by atoms with Crippen LogP contribution in [0, 0.1) is 11.8 Å². The molecule has 20 heavy (non-hydrogen) atoms. The highest BCUT2D eigenvalue weighted by Crippen LogP contribution is 2.22. The van der Waals surface area contributed by atoms with Crippen LogP contribution in [0.1, 0.15) is 33.0 Å². The molecule has 2 aromatic rings. The summed E-state index contributed by atoms with van der Waals surface area (Å²) in [7, 11) is 0. The molecule has 0 saturated carbocycles. The van der Waals surface area contributed by atoms with Gasteiger partial charge in [0, 0.05) is 13.0 Å². The molecule has 4 nitrogen and oxygen atoms in total. The second kappa shape index (κ2) is 6.07. The van der Waals surface area contributed by atoms with E-state index in [9.17, 15) is 9.90 Å². The molecule has 1 N–H and O–H groups in total. The summed E-state index contributed by atoms with van der Waals surface area (Å²) in [6, 6.07) is 7.99. The molecular formula is C16H22N2O2. The van der Waals surface area contributed by atoms with Crippen molar-refractivity contribution in [1.82, 2.24) is 9.55 Å². The molecule has 1 atom stereocenters. The molecule has 4 heteroatoms. The van der Waals surface area contributed by atoms with E-state index < -0.39 is 5.97 Å². The maximum atomic E-state index is 11.4. The minimum absolute atomic E-state index is 0.0994. The maximum Gasteiger partial charge on any atom is 0.307 e. The third-order valence-electron chi connectivity index (χ3n) is 3.71. The van der Waals surface area contributed by atoms with Crippen LogP contribution in [0.2, 0.25) is 0 Å². The third kappa shape index (κ3) is 2.84. The Hall–Kier alpha value is -1.84. The first-order chi connectivity index (χ1) is 9.54. The number of hydrogen-bond donors (Lipinski definition) is 1. The Morgan fingerprint density at radius 1 is 1.35 bits per heavy atom. The van der Waals surface area contributed by atoms with Crippen molar-refractivity contribution in [3.8, 4) is 0 Å². The van der Waals surface area contributed by atoms with Gasteiger partial charge in [0.25, 0.3) is 0 Å². The van der Waals surface area contributed by atoms with Gasteiger partial charge < -0.3 is 9.67 Å². The molecule has 1 unspecified atom stereocenters. The van der Waals surface area contributed by atoms with Gasteiger partial charge in [0.15, 0.2) is 0 Å². The zero-order valence-electron chi connectivity index (χ0n) is 12.3. The predicted molar refractivity (Wildman–Crippen MR) is 79.7 cm³/mol. The van der Waals surface area contributed by atoms with Gasteiger partial charge in [0.05, 0.1) is 17.0 Å². The van der Waals surface area contributed by atoms with E-state index in [0.29, 0.717) is 6.42 Å². The summed E-state index contributed by atoms with van der Waals surface area (Å²) in [5, 5.41) is 9.36. The van der Waals surface area contributed by atoms with Crippen LogP contribution < -0.4 is 0 Å². The summed E-state index contributed by atoms with van der Waals surface area (Å²) in [5.74, 6) is -0.144. The average molecular weight is 274 g/mol. The van der Waals surface area contributed by atoms with E-state index in [1.54, 1.807) is 0 Å². The van der Waals surface area contributed by atoms with Gasteiger partial charge in [-0.2, -0.15) is 0 Å². The molecule has 1 aromatic carbocycles. The number of carboxylic acid groups (broad SMARTS) is 1. The molecule has 1 aromatic heterocycles. The average Bonchev–Trinajstić information content (AvgIpc) is 2.74. The molecular weight excluding hydrogens is 252 g/mol. The predicted octanol–water partition coefficient (Wildman–Crippen LogP) is 3.35. The highest BCUT2D eigenvalue weighted by molar-refractivity contribution is 5.76. The first kappa shape index (κ1) is 14.6. The Kier molecular flexibility index (Phi) is 4.42. The topological polar surface area (TPSA) is 55.1 Å². The number of para-hydroxylation sites is 2. The minimum atomic E-state index is -0.741. The Morgan fingerprint density at radius 2 is 2.05 bits per heavy atom. The Bertz CT molecular complexity index is 602. The fourth-order valence-electron chi connectivity index (χ4n) is 2.56. The minimum Gasteiger partial charge on any atom is -0.481 e. The van der Waals surface area contributed by atoms with Gasteiger partial charge in [0.2, 0.25) is 0 Å². The number of rotatable bonds is 6. The van der Waals surface area contributed by atoms with Crippen molar-refractivity contribution in [1.29, 1.82) is 0 Å². The number of carboxylic acids is 1. The summed E-state index contributed by atoms with van der Waals surface area (Å²) < 4.78 is 2.16. The molecule has 0 bridgehead atoms. The molecule has 0 aliphatic heterocycles. The van der Waals surface area contributed by atoms with E-state index in [1.165, 1.54) is 0 Å². The summed E-state index contributed by atoms with van der Waals surface area (Å²) in [6.45, 7) is 6.90. The largest absolute Gasteiger partial charge is 0.481 e. The van der Waals surface area contributed by atoms with E-state index in [0.717, 1.165) is 29.8 Å². The van der Waals surface area contributed by atoms with Crippen molar-refractivity contribution in [2.75, 3.05) is 0 Å². The number of aromatic nitrogens is 2. The monoisotopic (exact) mass is 274 g/mol. The standard InChI is InChI=1S/C16H22N2O2/c1-4-9-18-14-8-6-5-7-13(14)17-15(18)10-12(11(2)3)16(19)20/h5-8,11-12H,4,9-10H2,1-3H3,(H,19,20). The van der Waals surface area contributed by atoms with Crippen LogP contribution in [0.4, 0.5) is 0 Å². The molecule has 0 aliphatic carbocycles. The van der Waals surface area contributed by atoms with Gasteiger partial charge in [-0.3, -0.25) is 4.79 Å². The van der Waals surface area contributed by atoms with Crippen LogP contribution in [0.25, 0.3) is 11.0 Å². The normalized spacial score (nSPS) is 13.0. The van der Waals surface area contributed by atoms with Gasteiger partial charge in [-0.05, 0) is 24.5 Å². The van der Waals surface area contributed by atoms with Crippen molar-refractivity contribution in [3.63, 3.8) is 0 Å². The number of nitrogens with zero attached hydrogens (tertiary/aromatic N) is 2. The molecule has 0 amide bonds. The zero-order valence-corrected chi connectivity index (χ0v) is 12.3. The molecule has 0 saturated heterocycles. The Balaban J connectivity index is 2.42. The quantitative estimate of drug-likeness (QED) is 0.879. The zero-order chi connectivity index (χ0) is 14.7. The maximum absolute atomic E-state index is 11.4. The van der Waals surface area contributed by atoms with E-state index >= 15 is 0 Å². The number of fused-ring (bicyclic) bond motifs is 1. The highest BCUT2D eigenvalue weighted by Gasteiger charge is 2.24. The van der Waals surface area contributed by atoms with E-state index in [4.69, 9.17) is 0 Å². The van der Waals surface area contributed by atoms with Crippen molar-refractivity contribution in [2.45, 2.75) is 40.2 Å². The van der Waals surface area contributed by atoms with Crippen molar-refractivity contribution in [3.05, 3.63) is 30.1 Å². The second-order valence-electron chi connectivity index (χ2n) is 5.56. The Morgan fingerprint density at radius 3 is 2.65 bits per heavy atom. The van der Waals surface area contributed by atoms with Crippen LogP contribution in [0.5, 0.6) is 0 Å². The summed E-state index contributed by atoms with van der Waals surface area (Å²) in [5.41, 5.74) is 2.04. The summed E-state index contributed by atoms with van der Waals surface area (Å²) in [6.07, 6.45) is 1.49. The van der Waals surface area contributed by atoms with Gasteiger partial charge >= 0.3 is 5.97 Å². The van der Waals surface area contributed by atoms with Crippen molar-refractivity contribution >= 4 is 17.0 Å². The lowest BCUT2D eigenvalue weighted by atomic mass is 9.92. The molecule has 0 spiro atoms. The van der Waals surface area contributed by atoms with Gasteiger partial charge in [0.1, 0.15) is 5.82 Å². The lowest BCUT2D eigenvalue weighted by Crippen LogP contribution is -2.24. The SMILES string of the molecule is CCCn1c(CC(C(=O)O)C(C)C)nc2ccccc21. The molecule has 0 fully saturated rings. The van der Waals surface area contributed by atoms with Crippen LogP contribution in [0.3, 0.4) is 0 Å². The fraction of sp³-hybridized carbons (Fsp3) is 0.500. The first-order valence-corrected chi connectivity index (χ1v) is 7.21. The number of carbonyl (C=O) groups is 1. The summed E-state index contributed by atoms with van der Waals surface area (Å²) >= 11 is 0. The van der Waals surface area contributed by atoms with Crippen LogP contribution in [0.15, 0.2) is 24.3 Å². The molecule has 108 valence electrons. The number of aliphatic carboxylic acids is 1. The second-order valence-corrected chi connectivity index (χ2v) is 5.56. The highest BCUT2D eigenvalue weighted by atomic mass is 16.4. The molecule has 0 aliphatic rings. The number of aryl methyl sites for hydroxylation is 1. The van der Waals surface area contributed by atoms with Crippen molar-refractivity contribution < 1.29 is 9.90 Å². The van der Waals surface area contributed by atoms with E-state index in [2.05, 4.69) is 16.5 Å². The number of hydrogen-bond acceptors (Lipinski definition) is 2. The van der Waals surface area contributed by atoms with Crippen LogP contribution in [-0.2, 0) is 17.8 Å². The lowest BCUT2D eigenvalue weighted by Gasteiger charge is -2.16. The Labute approximate surface area is 119 Å². The number of imidazole rings is 1. The lowest BCUT2D eigenvalue weighted by molar-refractivity contribution is -0.143. The first-order valence-electron chi connectivity index (χ1n) is 7.21. The fourth-order valence-corrected chi connectivity index (χ4v) is 2.56. The van der Waals surface area contributed by atoms with Crippen molar-refractivity contribution in [2.24, 2.45) is 11.8 Å². The van der Waals surface area contributed by atoms with E-state index in [-0.39, 0.29) is 11.8 Å².